The molecule has 1 aromatic rings. The maximum Gasteiger partial charge on any atom is 0.239 e. The van der Waals surface area contributed by atoms with E-state index in [1.54, 1.807) is 12.1 Å². The molecular weight excluding hydrogens is 268 g/mol. The van der Waals surface area contributed by atoms with Crippen molar-refractivity contribution < 1.29 is 9.53 Å². The molecule has 1 amide bonds. The van der Waals surface area contributed by atoms with Crippen LogP contribution in [0, 0.1) is 11.8 Å². The van der Waals surface area contributed by atoms with Crippen LogP contribution in [0.1, 0.15) is 27.7 Å². The van der Waals surface area contributed by atoms with Crippen LogP contribution in [0.15, 0.2) is 12.1 Å². The van der Waals surface area contributed by atoms with Crippen LogP contribution >= 0.6 is 0 Å². The van der Waals surface area contributed by atoms with E-state index in [4.69, 9.17) is 10.5 Å². The normalized spacial score (nSPS) is 10.8. The molecule has 0 aliphatic carbocycles. The van der Waals surface area contributed by atoms with Gasteiger partial charge >= 0.3 is 0 Å². The summed E-state index contributed by atoms with van der Waals surface area (Å²) >= 11 is 0. The number of nitrogen functional groups attached to an aromatic ring is 1. The fourth-order valence-corrected chi connectivity index (χ4v) is 1.46. The highest BCUT2D eigenvalue weighted by atomic mass is 16.5. The minimum Gasteiger partial charge on any atom is -0.476 e. The summed E-state index contributed by atoms with van der Waals surface area (Å²) in [5.41, 5.74) is 6.31. The molecule has 0 unspecified atom stereocenters. The van der Waals surface area contributed by atoms with E-state index in [1.807, 2.05) is 13.8 Å². The zero-order valence-electron chi connectivity index (χ0n) is 13.3. The van der Waals surface area contributed by atoms with Crippen molar-refractivity contribution in [2.45, 2.75) is 27.7 Å². The van der Waals surface area contributed by atoms with E-state index < -0.39 is 0 Å². The van der Waals surface area contributed by atoms with Crippen LogP contribution in [-0.2, 0) is 4.79 Å². The third kappa shape index (κ3) is 6.83. The molecule has 118 valence electrons. The van der Waals surface area contributed by atoms with Crippen LogP contribution in [-0.4, -0.2) is 30.6 Å². The van der Waals surface area contributed by atoms with Gasteiger partial charge in [-0.15, -0.1) is 0 Å². The van der Waals surface area contributed by atoms with Crippen molar-refractivity contribution in [3.63, 3.8) is 0 Å². The highest BCUT2D eigenvalue weighted by molar-refractivity contribution is 5.80. The minimum absolute atomic E-state index is 0.0630. The van der Waals surface area contributed by atoms with Gasteiger partial charge in [0, 0.05) is 6.54 Å². The van der Waals surface area contributed by atoms with Crippen molar-refractivity contribution in [2.75, 3.05) is 30.7 Å². The Morgan fingerprint density at radius 3 is 2.62 bits per heavy atom. The van der Waals surface area contributed by atoms with Gasteiger partial charge in [0.1, 0.15) is 5.82 Å². The second-order valence-corrected chi connectivity index (χ2v) is 5.85. The number of nitrogens with two attached hydrogens (primary N) is 1. The second kappa shape index (κ2) is 8.34. The van der Waals surface area contributed by atoms with Gasteiger partial charge in [0.2, 0.25) is 11.8 Å². The maximum absolute atomic E-state index is 11.6. The summed E-state index contributed by atoms with van der Waals surface area (Å²) in [7, 11) is 0. The summed E-state index contributed by atoms with van der Waals surface area (Å²) in [5, 5.41) is 5.80. The molecule has 4 N–H and O–H groups in total. The van der Waals surface area contributed by atoms with Gasteiger partial charge in [0.25, 0.3) is 0 Å². The summed E-state index contributed by atoms with van der Waals surface area (Å²) in [6.07, 6.45) is 0. The van der Waals surface area contributed by atoms with Crippen molar-refractivity contribution in [1.82, 2.24) is 10.3 Å². The number of carbonyl (C=O) groups is 1. The number of nitrogens with zero attached hydrogens (tertiary/aromatic N) is 1. The van der Waals surface area contributed by atoms with Crippen molar-refractivity contribution >= 4 is 17.4 Å². The highest BCUT2D eigenvalue weighted by Crippen LogP contribution is 2.21. The number of ether oxygens (including phenoxy) is 1. The Morgan fingerprint density at radius 1 is 1.29 bits per heavy atom. The number of pyridine rings is 1. The summed E-state index contributed by atoms with van der Waals surface area (Å²) in [6.45, 7) is 9.59. The molecule has 0 spiro atoms. The number of carbonyl (C=O) groups excluding carboxylic acids is 1. The fraction of sp³-hybridized carbons (Fsp3) is 0.600. The van der Waals surface area contributed by atoms with Crippen molar-refractivity contribution in [1.29, 1.82) is 0 Å². The number of rotatable bonds is 8. The number of amides is 1. The summed E-state index contributed by atoms with van der Waals surface area (Å²) < 4.78 is 5.55. The summed E-state index contributed by atoms with van der Waals surface area (Å²) in [4.78, 5) is 15.9. The first-order chi connectivity index (χ1) is 9.88. The fourth-order valence-electron chi connectivity index (χ4n) is 1.46. The van der Waals surface area contributed by atoms with Gasteiger partial charge in [-0.05, 0) is 24.0 Å². The van der Waals surface area contributed by atoms with Crippen LogP contribution in [0.3, 0.4) is 0 Å². The lowest BCUT2D eigenvalue weighted by Gasteiger charge is -2.12. The van der Waals surface area contributed by atoms with Gasteiger partial charge in [0.05, 0.1) is 18.8 Å². The molecule has 0 atom stereocenters. The Hall–Kier alpha value is -1.98. The molecule has 0 radical (unpaired) electrons. The molecule has 1 heterocycles. The second-order valence-electron chi connectivity index (χ2n) is 5.85. The van der Waals surface area contributed by atoms with E-state index in [2.05, 4.69) is 29.5 Å². The Balaban J connectivity index is 2.51. The average molecular weight is 294 g/mol. The molecule has 0 saturated carbocycles. The van der Waals surface area contributed by atoms with E-state index in [-0.39, 0.29) is 12.5 Å². The predicted octanol–water partition coefficient (Wildman–Crippen LogP) is 1.88. The molecule has 0 fully saturated rings. The Morgan fingerprint density at radius 2 is 2.00 bits per heavy atom. The first kappa shape index (κ1) is 17.1. The Bertz CT molecular complexity index is 461. The molecule has 0 saturated heterocycles. The van der Waals surface area contributed by atoms with Gasteiger partial charge in [-0.2, -0.15) is 4.98 Å². The monoisotopic (exact) mass is 294 g/mol. The molecule has 1 rings (SSSR count). The largest absolute Gasteiger partial charge is 0.476 e. The van der Waals surface area contributed by atoms with E-state index in [1.165, 1.54) is 0 Å². The molecule has 1 aromatic heterocycles. The molecule has 0 bridgehead atoms. The SMILES string of the molecule is CC(C)CNC(=O)CNc1ccc(N)c(OCC(C)C)n1. The average Bonchev–Trinajstić information content (AvgIpc) is 2.42. The first-order valence-electron chi connectivity index (χ1n) is 7.28. The molecule has 0 aliphatic heterocycles. The standard InChI is InChI=1S/C15H26N4O2/c1-10(2)7-18-14(20)8-17-13-6-5-12(16)15(19-13)21-9-11(3)4/h5-6,10-11H,7-9,16H2,1-4H3,(H,17,19)(H,18,20). The molecule has 21 heavy (non-hydrogen) atoms. The molecule has 0 aromatic carbocycles. The van der Waals surface area contributed by atoms with E-state index in [0.29, 0.717) is 42.4 Å². The maximum atomic E-state index is 11.6. The van der Waals surface area contributed by atoms with E-state index in [9.17, 15) is 4.79 Å². The Labute approximate surface area is 126 Å². The van der Waals surface area contributed by atoms with Crippen LogP contribution in [0.5, 0.6) is 5.88 Å². The molecule has 6 nitrogen and oxygen atoms in total. The number of nitrogens with one attached hydrogen (secondary N) is 2. The van der Waals surface area contributed by atoms with Gasteiger partial charge in [0.15, 0.2) is 0 Å². The zero-order valence-corrected chi connectivity index (χ0v) is 13.3. The third-order valence-electron chi connectivity index (χ3n) is 2.58. The number of anilines is 2. The zero-order chi connectivity index (χ0) is 15.8. The van der Waals surface area contributed by atoms with Crippen LogP contribution in [0.4, 0.5) is 11.5 Å². The minimum atomic E-state index is -0.0630. The van der Waals surface area contributed by atoms with Crippen molar-refractivity contribution in [3.05, 3.63) is 12.1 Å². The summed E-state index contributed by atoms with van der Waals surface area (Å²) in [6, 6.07) is 3.45. The van der Waals surface area contributed by atoms with Gasteiger partial charge in [-0.25, -0.2) is 0 Å². The lowest BCUT2D eigenvalue weighted by Crippen LogP contribution is -2.32. The lowest BCUT2D eigenvalue weighted by atomic mass is 10.2. The van der Waals surface area contributed by atoms with E-state index >= 15 is 0 Å². The summed E-state index contributed by atoms with van der Waals surface area (Å²) in [5.74, 6) is 1.73. The predicted molar refractivity (Wildman–Crippen MR) is 85.3 cm³/mol. The molecular formula is C15H26N4O2. The topological polar surface area (TPSA) is 89.3 Å². The van der Waals surface area contributed by atoms with Gasteiger partial charge in [-0.1, -0.05) is 27.7 Å². The number of aromatic nitrogens is 1. The molecule has 0 aliphatic rings. The first-order valence-corrected chi connectivity index (χ1v) is 7.28. The lowest BCUT2D eigenvalue weighted by molar-refractivity contribution is -0.119. The molecule has 6 heteroatoms. The van der Waals surface area contributed by atoms with E-state index in [0.717, 1.165) is 0 Å². The number of hydrogen-bond donors (Lipinski definition) is 3. The van der Waals surface area contributed by atoms with Crippen LogP contribution in [0.25, 0.3) is 0 Å². The van der Waals surface area contributed by atoms with Crippen LogP contribution < -0.4 is 21.1 Å². The highest BCUT2D eigenvalue weighted by Gasteiger charge is 2.07. The van der Waals surface area contributed by atoms with Crippen molar-refractivity contribution in [3.8, 4) is 5.88 Å². The van der Waals surface area contributed by atoms with Gasteiger partial charge in [-0.3, -0.25) is 4.79 Å². The third-order valence-corrected chi connectivity index (χ3v) is 2.58. The smallest absolute Gasteiger partial charge is 0.239 e. The Kier molecular flexibility index (Phi) is 6.78. The van der Waals surface area contributed by atoms with Crippen molar-refractivity contribution in [2.24, 2.45) is 11.8 Å². The quantitative estimate of drug-likeness (QED) is 0.681. The number of hydrogen-bond acceptors (Lipinski definition) is 5. The van der Waals surface area contributed by atoms with Crippen LogP contribution in [0.2, 0.25) is 0 Å². The van der Waals surface area contributed by atoms with Gasteiger partial charge < -0.3 is 21.1 Å².